The van der Waals surface area contributed by atoms with Gasteiger partial charge < -0.3 is 20.6 Å². The standard InChI is InChI=1S/C21H21N3O4/c1-12-16(19(22)25)17-14(28-12)6-7-15(27-11-13-5-2-3-10-24-13)18(17)21(20(23)26)8-4-9-21/h2-3,5-7,10H,4,8-9,11H2,1H3,(H2,22,25)(H2,23,26). The molecule has 2 aromatic heterocycles. The molecule has 1 fully saturated rings. The van der Waals surface area contributed by atoms with Gasteiger partial charge in [-0.15, -0.1) is 0 Å². The number of fused-ring (bicyclic) bond motifs is 1. The molecule has 1 aliphatic carbocycles. The molecule has 1 saturated carbocycles. The summed E-state index contributed by atoms with van der Waals surface area (Å²) in [7, 11) is 0. The minimum atomic E-state index is -0.903. The summed E-state index contributed by atoms with van der Waals surface area (Å²) in [6.07, 6.45) is 3.72. The third-order valence-corrected chi connectivity index (χ3v) is 5.50. The number of ether oxygens (including phenoxy) is 1. The number of nitrogens with zero attached hydrogens (tertiary/aromatic N) is 1. The number of nitrogens with two attached hydrogens (primary N) is 2. The molecule has 2 amide bonds. The minimum Gasteiger partial charge on any atom is -0.487 e. The van der Waals surface area contributed by atoms with Crippen molar-refractivity contribution in [3.63, 3.8) is 0 Å². The molecule has 4 N–H and O–H groups in total. The summed E-state index contributed by atoms with van der Waals surface area (Å²) in [5, 5.41) is 0.516. The Hall–Kier alpha value is -3.35. The van der Waals surface area contributed by atoms with Gasteiger partial charge in [0, 0.05) is 17.1 Å². The van der Waals surface area contributed by atoms with Crippen LogP contribution in [0.1, 0.15) is 46.6 Å². The van der Waals surface area contributed by atoms with E-state index in [0.717, 1.165) is 12.1 Å². The molecule has 0 radical (unpaired) electrons. The van der Waals surface area contributed by atoms with Crippen molar-refractivity contribution in [2.45, 2.75) is 38.2 Å². The number of amides is 2. The predicted octanol–water partition coefficient (Wildman–Crippen LogP) is 2.72. The van der Waals surface area contributed by atoms with Gasteiger partial charge in [0.1, 0.15) is 23.7 Å². The van der Waals surface area contributed by atoms with Crippen molar-refractivity contribution >= 4 is 22.8 Å². The lowest BCUT2D eigenvalue weighted by molar-refractivity contribution is -0.126. The number of primary amides is 2. The molecule has 144 valence electrons. The second kappa shape index (κ2) is 6.67. The normalized spacial score (nSPS) is 15.2. The Morgan fingerprint density at radius 1 is 1.21 bits per heavy atom. The number of hydrogen-bond acceptors (Lipinski definition) is 5. The maximum Gasteiger partial charge on any atom is 0.252 e. The van der Waals surface area contributed by atoms with Crippen LogP contribution in [0.15, 0.2) is 40.9 Å². The fraction of sp³-hybridized carbons (Fsp3) is 0.286. The van der Waals surface area contributed by atoms with Crippen LogP contribution in [0, 0.1) is 6.92 Å². The highest BCUT2D eigenvalue weighted by Gasteiger charge is 2.48. The number of carbonyl (C=O) groups excluding carboxylic acids is 2. The van der Waals surface area contributed by atoms with Crippen LogP contribution in [-0.4, -0.2) is 16.8 Å². The second-order valence-corrected chi connectivity index (χ2v) is 7.12. The monoisotopic (exact) mass is 379 g/mol. The first-order valence-corrected chi connectivity index (χ1v) is 9.13. The molecule has 3 aromatic rings. The molecule has 2 heterocycles. The van der Waals surface area contributed by atoms with Crippen molar-refractivity contribution in [1.29, 1.82) is 0 Å². The van der Waals surface area contributed by atoms with Crippen LogP contribution < -0.4 is 16.2 Å². The fourth-order valence-electron chi connectivity index (χ4n) is 3.97. The molecule has 0 aliphatic heterocycles. The maximum atomic E-state index is 12.5. The van der Waals surface area contributed by atoms with Gasteiger partial charge in [-0.2, -0.15) is 0 Å². The number of hydrogen-bond donors (Lipinski definition) is 2. The highest BCUT2D eigenvalue weighted by molar-refractivity contribution is 6.10. The summed E-state index contributed by atoms with van der Waals surface area (Å²) in [4.78, 5) is 28.9. The van der Waals surface area contributed by atoms with Crippen molar-refractivity contribution in [1.82, 2.24) is 4.98 Å². The van der Waals surface area contributed by atoms with E-state index in [1.807, 2.05) is 18.2 Å². The van der Waals surface area contributed by atoms with E-state index in [1.54, 1.807) is 25.3 Å². The van der Waals surface area contributed by atoms with Crippen LogP contribution >= 0.6 is 0 Å². The Kier molecular flexibility index (Phi) is 4.30. The highest BCUT2D eigenvalue weighted by atomic mass is 16.5. The number of carbonyl (C=O) groups is 2. The second-order valence-electron chi connectivity index (χ2n) is 7.12. The zero-order valence-corrected chi connectivity index (χ0v) is 15.5. The van der Waals surface area contributed by atoms with E-state index in [9.17, 15) is 9.59 Å². The molecule has 1 aromatic carbocycles. The summed E-state index contributed by atoms with van der Waals surface area (Å²) in [5.41, 5.74) is 12.6. The SMILES string of the molecule is Cc1oc2ccc(OCc3ccccn3)c(C3(C(N)=O)CCC3)c2c1C(N)=O. The summed E-state index contributed by atoms with van der Waals surface area (Å²) in [6.45, 7) is 1.90. The molecule has 0 atom stereocenters. The Balaban J connectivity index is 1.92. The van der Waals surface area contributed by atoms with Gasteiger partial charge in [0.15, 0.2) is 0 Å². The van der Waals surface area contributed by atoms with Gasteiger partial charge in [-0.05, 0) is 44.0 Å². The lowest BCUT2D eigenvalue weighted by Crippen LogP contribution is -2.47. The van der Waals surface area contributed by atoms with Crippen molar-refractivity contribution in [2.24, 2.45) is 11.5 Å². The van der Waals surface area contributed by atoms with E-state index < -0.39 is 17.2 Å². The van der Waals surface area contributed by atoms with Gasteiger partial charge in [-0.25, -0.2) is 0 Å². The van der Waals surface area contributed by atoms with Gasteiger partial charge in [-0.3, -0.25) is 14.6 Å². The molecule has 0 spiro atoms. The molecular formula is C21H21N3O4. The molecule has 7 heteroatoms. The smallest absolute Gasteiger partial charge is 0.252 e. The number of aromatic nitrogens is 1. The molecule has 0 unspecified atom stereocenters. The minimum absolute atomic E-state index is 0.219. The highest BCUT2D eigenvalue weighted by Crippen LogP contribution is 2.51. The lowest BCUT2D eigenvalue weighted by atomic mass is 9.62. The Bertz CT molecular complexity index is 1070. The molecule has 28 heavy (non-hydrogen) atoms. The Morgan fingerprint density at radius 3 is 2.57 bits per heavy atom. The lowest BCUT2D eigenvalue weighted by Gasteiger charge is -2.40. The van der Waals surface area contributed by atoms with Crippen molar-refractivity contribution < 1.29 is 18.7 Å². The Morgan fingerprint density at radius 2 is 2.00 bits per heavy atom. The third-order valence-electron chi connectivity index (χ3n) is 5.50. The molecule has 7 nitrogen and oxygen atoms in total. The summed E-state index contributed by atoms with van der Waals surface area (Å²) in [5.74, 6) is -0.161. The zero-order chi connectivity index (χ0) is 19.9. The van der Waals surface area contributed by atoms with Crippen LogP contribution in [-0.2, 0) is 16.8 Å². The van der Waals surface area contributed by atoms with Gasteiger partial charge in [0.05, 0.1) is 16.7 Å². The fourth-order valence-corrected chi connectivity index (χ4v) is 3.97. The van der Waals surface area contributed by atoms with E-state index in [2.05, 4.69) is 4.98 Å². The number of rotatable bonds is 6. The van der Waals surface area contributed by atoms with Crippen molar-refractivity contribution in [2.75, 3.05) is 0 Å². The van der Waals surface area contributed by atoms with Gasteiger partial charge >= 0.3 is 0 Å². The van der Waals surface area contributed by atoms with Gasteiger partial charge in [0.2, 0.25) is 5.91 Å². The largest absolute Gasteiger partial charge is 0.487 e. The van der Waals surface area contributed by atoms with E-state index >= 15 is 0 Å². The van der Waals surface area contributed by atoms with Gasteiger partial charge in [-0.1, -0.05) is 12.5 Å². The number of benzene rings is 1. The van der Waals surface area contributed by atoms with E-state index in [4.69, 9.17) is 20.6 Å². The molecular weight excluding hydrogens is 358 g/mol. The average molecular weight is 379 g/mol. The van der Waals surface area contributed by atoms with Crippen molar-refractivity contribution in [3.8, 4) is 5.75 Å². The molecule has 0 saturated heterocycles. The summed E-state index contributed by atoms with van der Waals surface area (Å²) in [6, 6.07) is 9.01. The number of aryl methyl sites for hydroxylation is 1. The quantitative estimate of drug-likeness (QED) is 0.682. The van der Waals surface area contributed by atoms with Crippen LogP contribution in [0.25, 0.3) is 11.0 Å². The number of furan rings is 1. The Labute approximate surface area is 161 Å². The van der Waals surface area contributed by atoms with Gasteiger partial charge in [0.25, 0.3) is 5.91 Å². The molecule has 0 bridgehead atoms. The summed E-state index contributed by atoms with van der Waals surface area (Å²) >= 11 is 0. The maximum absolute atomic E-state index is 12.5. The first-order valence-electron chi connectivity index (χ1n) is 9.13. The topological polar surface area (TPSA) is 121 Å². The predicted molar refractivity (Wildman–Crippen MR) is 103 cm³/mol. The average Bonchev–Trinajstić information content (AvgIpc) is 2.96. The molecule has 1 aliphatic rings. The zero-order valence-electron chi connectivity index (χ0n) is 15.5. The third kappa shape index (κ3) is 2.70. The van der Waals surface area contributed by atoms with Crippen LogP contribution in [0.4, 0.5) is 0 Å². The van der Waals surface area contributed by atoms with E-state index in [1.165, 1.54) is 0 Å². The van der Waals surface area contributed by atoms with E-state index in [-0.39, 0.29) is 12.2 Å². The first kappa shape index (κ1) is 18.0. The van der Waals surface area contributed by atoms with Crippen LogP contribution in [0.3, 0.4) is 0 Å². The van der Waals surface area contributed by atoms with Crippen LogP contribution in [0.2, 0.25) is 0 Å². The van der Waals surface area contributed by atoms with Crippen molar-refractivity contribution in [3.05, 3.63) is 59.1 Å². The number of pyridine rings is 1. The first-order chi connectivity index (χ1) is 13.4. The molecule has 4 rings (SSSR count). The summed E-state index contributed by atoms with van der Waals surface area (Å²) < 4.78 is 11.8. The van der Waals surface area contributed by atoms with Crippen LogP contribution in [0.5, 0.6) is 5.75 Å². The van der Waals surface area contributed by atoms with E-state index in [0.29, 0.717) is 40.9 Å².